The SMILES string of the molecule is CC(C)N1CCC2(CCC(CNC(=O)CCc3c[nH]c4ccccc34)O2)CC1. The number of aryl methyl sites for hydroxylation is 1. The molecule has 2 fully saturated rings. The van der Waals surface area contributed by atoms with E-state index in [4.69, 9.17) is 4.74 Å². The number of hydrogen-bond donors (Lipinski definition) is 2. The number of hydrogen-bond acceptors (Lipinski definition) is 3. The van der Waals surface area contributed by atoms with Crippen molar-refractivity contribution >= 4 is 16.8 Å². The molecule has 1 atom stereocenters. The first kappa shape index (κ1) is 19.5. The van der Waals surface area contributed by atoms with Crippen molar-refractivity contribution in [2.75, 3.05) is 19.6 Å². The predicted molar refractivity (Wildman–Crippen MR) is 112 cm³/mol. The van der Waals surface area contributed by atoms with Crippen LogP contribution in [0.25, 0.3) is 10.9 Å². The number of nitrogens with zero attached hydrogens (tertiary/aromatic N) is 1. The fraction of sp³-hybridized carbons (Fsp3) is 0.609. The zero-order valence-electron chi connectivity index (χ0n) is 17.2. The highest BCUT2D eigenvalue weighted by atomic mass is 16.5. The van der Waals surface area contributed by atoms with Crippen molar-refractivity contribution in [1.82, 2.24) is 15.2 Å². The summed E-state index contributed by atoms with van der Waals surface area (Å²) in [6.07, 6.45) is 7.90. The van der Waals surface area contributed by atoms with Crippen molar-refractivity contribution in [3.05, 3.63) is 36.0 Å². The first-order valence-electron chi connectivity index (χ1n) is 10.8. The Bertz CT molecular complexity index is 805. The van der Waals surface area contributed by atoms with E-state index in [2.05, 4.69) is 41.2 Å². The third kappa shape index (κ3) is 4.26. The van der Waals surface area contributed by atoms with Gasteiger partial charge in [0.25, 0.3) is 0 Å². The lowest BCUT2D eigenvalue weighted by Crippen LogP contribution is -2.47. The number of para-hydroxylation sites is 1. The maximum atomic E-state index is 12.3. The van der Waals surface area contributed by atoms with Crippen molar-refractivity contribution in [1.29, 1.82) is 0 Å². The highest BCUT2D eigenvalue weighted by Gasteiger charge is 2.42. The van der Waals surface area contributed by atoms with Crippen LogP contribution >= 0.6 is 0 Å². The van der Waals surface area contributed by atoms with Crippen LogP contribution in [0.5, 0.6) is 0 Å². The largest absolute Gasteiger partial charge is 0.370 e. The van der Waals surface area contributed by atoms with Crippen molar-refractivity contribution in [3.63, 3.8) is 0 Å². The number of H-pyrrole nitrogens is 1. The quantitative estimate of drug-likeness (QED) is 0.801. The van der Waals surface area contributed by atoms with Gasteiger partial charge in [-0.1, -0.05) is 18.2 Å². The zero-order chi connectivity index (χ0) is 19.6. The summed E-state index contributed by atoms with van der Waals surface area (Å²) in [7, 11) is 0. The Morgan fingerprint density at radius 1 is 1.29 bits per heavy atom. The van der Waals surface area contributed by atoms with E-state index in [1.54, 1.807) is 0 Å². The van der Waals surface area contributed by atoms with Gasteiger partial charge in [0.05, 0.1) is 11.7 Å². The maximum absolute atomic E-state index is 12.3. The molecule has 152 valence electrons. The number of rotatable bonds is 6. The molecule has 3 heterocycles. The minimum atomic E-state index is 0.0603. The van der Waals surface area contributed by atoms with Gasteiger partial charge in [-0.3, -0.25) is 4.79 Å². The first-order valence-corrected chi connectivity index (χ1v) is 10.8. The molecule has 2 aromatic rings. The minimum Gasteiger partial charge on any atom is -0.370 e. The van der Waals surface area contributed by atoms with Gasteiger partial charge in [0.2, 0.25) is 5.91 Å². The molecule has 1 aromatic carbocycles. The molecule has 0 saturated carbocycles. The van der Waals surface area contributed by atoms with E-state index in [-0.39, 0.29) is 17.6 Å². The van der Waals surface area contributed by atoms with E-state index in [0.717, 1.165) is 50.7 Å². The van der Waals surface area contributed by atoms with E-state index in [0.29, 0.717) is 19.0 Å². The molecular weight excluding hydrogens is 350 g/mol. The van der Waals surface area contributed by atoms with Gasteiger partial charge < -0.3 is 19.9 Å². The van der Waals surface area contributed by atoms with Gasteiger partial charge in [0.15, 0.2) is 0 Å². The van der Waals surface area contributed by atoms with Crippen LogP contribution in [-0.4, -0.2) is 53.2 Å². The number of aromatic amines is 1. The van der Waals surface area contributed by atoms with E-state index < -0.39 is 0 Å². The Kier molecular flexibility index (Phi) is 5.74. The third-order valence-corrected chi connectivity index (χ3v) is 6.60. The van der Waals surface area contributed by atoms with E-state index in [1.165, 1.54) is 10.9 Å². The smallest absolute Gasteiger partial charge is 0.220 e. The number of carbonyl (C=O) groups excluding carboxylic acids is 1. The molecule has 1 aromatic heterocycles. The normalized spacial score (nSPS) is 22.3. The second kappa shape index (κ2) is 8.26. The monoisotopic (exact) mass is 383 g/mol. The summed E-state index contributed by atoms with van der Waals surface area (Å²) in [5.41, 5.74) is 2.40. The number of piperidine rings is 1. The number of fused-ring (bicyclic) bond motifs is 1. The predicted octanol–water partition coefficient (Wildman–Crippen LogP) is 3.64. The standard InChI is InChI=1S/C23H33N3O2/c1-17(2)26-13-11-23(12-14-26)10-9-19(28-23)16-25-22(27)8-7-18-15-24-21-6-4-3-5-20(18)21/h3-6,15,17,19,24H,7-14,16H2,1-2H3,(H,25,27). The summed E-state index contributed by atoms with van der Waals surface area (Å²) < 4.78 is 6.43. The number of ether oxygens (including phenoxy) is 1. The number of aromatic nitrogens is 1. The number of benzene rings is 1. The molecule has 2 saturated heterocycles. The Balaban J connectivity index is 1.20. The van der Waals surface area contributed by atoms with Crippen LogP contribution in [0.2, 0.25) is 0 Å². The van der Waals surface area contributed by atoms with E-state index >= 15 is 0 Å². The Morgan fingerprint density at radius 2 is 2.07 bits per heavy atom. The van der Waals surface area contributed by atoms with E-state index in [9.17, 15) is 4.79 Å². The van der Waals surface area contributed by atoms with Crippen LogP contribution in [0.4, 0.5) is 0 Å². The molecule has 5 nitrogen and oxygen atoms in total. The molecule has 5 heteroatoms. The third-order valence-electron chi connectivity index (χ3n) is 6.60. The maximum Gasteiger partial charge on any atom is 0.220 e. The number of amides is 1. The Morgan fingerprint density at radius 3 is 2.86 bits per heavy atom. The molecule has 28 heavy (non-hydrogen) atoms. The molecular formula is C23H33N3O2. The molecule has 0 radical (unpaired) electrons. The van der Waals surface area contributed by atoms with Crippen molar-refractivity contribution in [3.8, 4) is 0 Å². The second-order valence-electron chi connectivity index (χ2n) is 8.75. The summed E-state index contributed by atoms with van der Waals surface area (Å²) in [6, 6.07) is 8.86. The summed E-state index contributed by atoms with van der Waals surface area (Å²) in [4.78, 5) is 18.1. The Labute approximate surface area is 167 Å². The highest BCUT2D eigenvalue weighted by Crippen LogP contribution is 2.39. The highest BCUT2D eigenvalue weighted by molar-refractivity contribution is 5.84. The molecule has 0 aliphatic carbocycles. The lowest BCUT2D eigenvalue weighted by Gasteiger charge is -2.40. The van der Waals surface area contributed by atoms with Crippen LogP contribution < -0.4 is 5.32 Å². The molecule has 1 unspecified atom stereocenters. The summed E-state index contributed by atoms with van der Waals surface area (Å²) in [5, 5.41) is 4.31. The van der Waals surface area contributed by atoms with E-state index in [1.807, 2.05) is 18.3 Å². The van der Waals surface area contributed by atoms with Crippen LogP contribution in [0.15, 0.2) is 30.5 Å². The molecule has 2 N–H and O–H groups in total. The molecule has 1 amide bonds. The van der Waals surface area contributed by atoms with Gasteiger partial charge in [0, 0.05) is 49.2 Å². The van der Waals surface area contributed by atoms with Gasteiger partial charge >= 0.3 is 0 Å². The molecule has 1 spiro atoms. The summed E-state index contributed by atoms with van der Waals surface area (Å²) in [6.45, 7) is 7.43. The Hall–Kier alpha value is -1.85. The van der Waals surface area contributed by atoms with Crippen molar-refractivity contribution in [2.45, 2.75) is 70.1 Å². The first-order chi connectivity index (χ1) is 13.5. The fourth-order valence-corrected chi connectivity index (χ4v) is 4.76. The zero-order valence-corrected chi connectivity index (χ0v) is 17.2. The van der Waals surface area contributed by atoms with Gasteiger partial charge in [0.1, 0.15) is 0 Å². The fourth-order valence-electron chi connectivity index (χ4n) is 4.76. The lowest BCUT2D eigenvalue weighted by molar-refractivity contribution is -0.122. The van der Waals surface area contributed by atoms with Crippen molar-refractivity contribution < 1.29 is 9.53 Å². The molecule has 4 rings (SSSR count). The van der Waals surface area contributed by atoms with Gasteiger partial charge in [-0.2, -0.15) is 0 Å². The number of carbonyl (C=O) groups is 1. The lowest BCUT2D eigenvalue weighted by atomic mass is 9.88. The summed E-state index contributed by atoms with van der Waals surface area (Å²) >= 11 is 0. The van der Waals surface area contributed by atoms with Crippen LogP contribution in [0.1, 0.15) is 51.5 Å². The molecule has 2 aliphatic heterocycles. The minimum absolute atomic E-state index is 0.0603. The molecule has 0 bridgehead atoms. The average Bonchev–Trinajstić information content (AvgIpc) is 3.29. The topological polar surface area (TPSA) is 57.4 Å². The average molecular weight is 384 g/mol. The molecule has 2 aliphatic rings. The van der Waals surface area contributed by atoms with Crippen LogP contribution in [0, 0.1) is 0 Å². The van der Waals surface area contributed by atoms with Crippen molar-refractivity contribution in [2.24, 2.45) is 0 Å². The van der Waals surface area contributed by atoms with Gasteiger partial charge in [-0.05, 0) is 57.6 Å². The number of nitrogens with one attached hydrogen (secondary N) is 2. The second-order valence-corrected chi connectivity index (χ2v) is 8.75. The van der Waals surface area contributed by atoms with Gasteiger partial charge in [-0.25, -0.2) is 0 Å². The van der Waals surface area contributed by atoms with Crippen LogP contribution in [0.3, 0.4) is 0 Å². The summed E-state index contributed by atoms with van der Waals surface area (Å²) in [5.74, 6) is 0.115. The number of likely N-dealkylation sites (tertiary alicyclic amines) is 1. The van der Waals surface area contributed by atoms with Crippen LogP contribution in [-0.2, 0) is 16.0 Å². The van der Waals surface area contributed by atoms with Gasteiger partial charge in [-0.15, -0.1) is 0 Å².